The Morgan fingerprint density at radius 2 is 1.91 bits per heavy atom. The molecular formula is C22H32IN7O2. The molecule has 2 aliphatic rings. The number of morpholine rings is 1. The Hall–Kier alpha value is -2.34. The average molecular weight is 553 g/mol. The predicted octanol–water partition coefficient (Wildman–Crippen LogP) is 1.34. The largest absolute Gasteiger partial charge is 0.370 e. The molecule has 1 unspecified atom stereocenters. The lowest BCUT2D eigenvalue weighted by Gasteiger charge is -2.37. The van der Waals surface area contributed by atoms with E-state index in [2.05, 4.69) is 37.3 Å². The maximum Gasteiger partial charge on any atom is 0.242 e. The van der Waals surface area contributed by atoms with Gasteiger partial charge in [-0.15, -0.1) is 24.0 Å². The smallest absolute Gasteiger partial charge is 0.242 e. The van der Waals surface area contributed by atoms with Crippen LogP contribution in [0.2, 0.25) is 0 Å². The molecule has 9 nitrogen and oxygen atoms in total. The minimum absolute atomic E-state index is 0. The number of carbonyl (C=O) groups is 1. The Balaban J connectivity index is 0.00000289. The number of guanidine groups is 1. The normalized spacial score (nSPS) is 19.5. The molecule has 2 aromatic rings. The SMILES string of the molecule is CN=C(NCC(=O)N1CCN(c2ccccc2)CC1)N1CCOC(c2cnn(C)c2)C1.I. The number of amides is 1. The molecule has 2 aliphatic heterocycles. The summed E-state index contributed by atoms with van der Waals surface area (Å²) < 4.78 is 7.69. The molecule has 174 valence electrons. The van der Waals surface area contributed by atoms with Crippen LogP contribution >= 0.6 is 24.0 Å². The third-order valence-corrected chi connectivity index (χ3v) is 5.83. The number of rotatable bonds is 4. The summed E-state index contributed by atoms with van der Waals surface area (Å²) in [5.74, 6) is 0.833. The van der Waals surface area contributed by atoms with Crippen LogP contribution < -0.4 is 10.2 Å². The zero-order chi connectivity index (χ0) is 21.6. The summed E-state index contributed by atoms with van der Waals surface area (Å²) in [5, 5.41) is 7.49. The van der Waals surface area contributed by atoms with Gasteiger partial charge in [0.05, 0.1) is 25.9 Å². The topological polar surface area (TPSA) is 78.2 Å². The van der Waals surface area contributed by atoms with Crippen LogP contribution in [0, 0.1) is 0 Å². The maximum atomic E-state index is 12.8. The van der Waals surface area contributed by atoms with Gasteiger partial charge in [0.25, 0.3) is 0 Å². The first-order valence-electron chi connectivity index (χ1n) is 10.8. The summed E-state index contributed by atoms with van der Waals surface area (Å²) in [6, 6.07) is 10.4. The van der Waals surface area contributed by atoms with Gasteiger partial charge in [0, 0.05) is 64.3 Å². The second kappa shape index (κ2) is 11.5. The van der Waals surface area contributed by atoms with Crippen molar-refractivity contribution in [2.24, 2.45) is 12.0 Å². The lowest BCUT2D eigenvalue weighted by Crippen LogP contribution is -2.53. The van der Waals surface area contributed by atoms with E-state index in [1.54, 1.807) is 11.7 Å². The molecule has 0 saturated carbocycles. The highest BCUT2D eigenvalue weighted by atomic mass is 127. The van der Waals surface area contributed by atoms with Crippen molar-refractivity contribution in [3.8, 4) is 0 Å². The van der Waals surface area contributed by atoms with Crippen molar-refractivity contribution in [2.45, 2.75) is 6.10 Å². The molecule has 3 heterocycles. The van der Waals surface area contributed by atoms with Crippen molar-refractivity contribution < 1.29 is 9.53 Å². The summed E-state index contributed by atoms with van der Waals surface area (Å²) in [4.78, 5) is 23.5. The molecule has 0 bridgehead atoms. The van der Waals surface area contributed by atoms with Gasteiger partial charge in [-0.3, -0.25) is 14.5 Å². The standard InChI is InChI=1S/C22H31N7O2.HI/c1-23-22(29-12-13-31-20(17-29)18-14-25-26(2)16-18)24-15-21(30)28-10-8-27(9-11-28)19-6-4-3-5-7-19;/h3-7,14,16,20H,8-13,15,17H2,1-2H3,(H,23,24);1H. The van der Waals surface area contributed by atoms with Crippen molar-refractivity contribution in [1.29, 1.82) is 0 Å². The minimum Gasteiger partial charge on any atom is -0.370 e. The van der Waals surface area contributed by atoms with Crippen LogP contribution in [0.25, 0.3) is 0 Å². The monoisotopic (exact) mass is 553 g/mol. The number of aromatic nitrogens is 2. The number of benzene rings is 1. The van der Waals surface area contributed by atoms with Gasteiger partial charge < -0.3 is 24.8 Å². The van der Waals surface area contributed by atoms with E-state index < -0.39 is 0 Å². The Morgan fingerprint density at radius 1 is 1.16 bits per heavy atom. The van der Waals surface area contributed by atoms with Crippen LogP contribution in [0.15, 0.2) is 47.7 Å². The van der Waals surface area contributed by atoms with Crippen LogP contribution in [-0.2, 0) is 16.6 Å². The third-order valence-electron chi connectivity index (χ3n) is 5.83. The van der Waals surface area contributed by atoms with E-state index in [-0.39, 0.29) is 42.5 Å². The summed E-state index contributed by atoms with van der Waals surface area (Å²) in [5.41, 5.74) is 2.26. The number of hydrogen-bond acceptors (Lipinski definition) is 5. The highest BCUT2D eigenvalue weighted by Gasteiger charge is 2.26. The number of anilines is 1. The first-order chi connectivity index (χ1) is 15.1. The van der Waals surface area contributed by atoms with Crippen LogP contribution in [0.4, 0.5) is 5.69 Å². The lowest BCUT2D eigenvalue weighted by molar-refractivity contribution is -0.130. The number of carbonyl (C=O) groups excluding carboxylic acids is 1. The van der Waals surface area contributed by atoms with E-state index >= 15 is 0 Å². The molecule has 0 spiro atoms. The summed E-state index contributed by atoms with van der Waals surface area (Å²) in [6.07, 6.45) is 3.76. The summed E-state index contributed by atoms with van der Waals surface area (Å²) in [6.45, 7) is 5.42. The van der Waals surface area contributed by atoms with Crippen molar-refractivity contribution in [1.82, 2.24) is 24.9 Å². The fourth-order valence-corrected chi connectivity index (χ4v) is 4.10. The number of nitrogens with zero attached hydrogens (tertiary/aromatic N) is 6. The molecule has 0 aliphatic carbocycles. The number of para-hydroxylation sites is 1. The molecule has 1 amide bonds. The molecule has 1 aromatic heterocycles. The fraction of sp³-hybridized carbons (Fsp3) is 0.500. The second-order valence-corrected chi connectivity index (χ2v) is 7.86. The first-order valence-corrected chi connectivity index (χ1v) is 10.8. The highest BCUT2D eigenvalue weighted by molar-refractivity contribution is 14.0. The number of piperazine rings is 1. The van der Waals surface area contributed by atoms with Crippen LogP contribution in [0.5, 0.6) is 0 Å². The van der Waals surface area contributed by atoms with Crippen molar-refractivity contribution in [2.75, 3.05) is 64.4 Å². The molecule has 4 rings (SSSR count). The highest BCUT2D eigenvalue weighted by Crippen LogP contribution is 2.21. The quantitative estimate of drug-likeness (QED) is 0.350. The van der Waals surface area contributed by atoms with Gasteiger partial charge in [0.15, 0.2) is 5.96 Å². The van der Waals surface area contributed by atoms with Crippen LogP contribution in [0.3, 0.4) is 0 Å². The van der Waals surface area contributed by atoms with Gasteiger partial charge in [-0.25, -0.2) is 0 Å². The van der Waals surface area contributed by atoms with Gasteiger partial charge in [-0.1, -0.05) is 18.2 Å². The molecule has 2 saturated heterocycles. The number of hydrogen-bond donors (Lipinski definition) is 1. The van der Waals surface area contributed by atoms with E-state index in [0.717, 1.165) is 44.2 Å². The lowest BCUT2D eigenvalue weighted by atomic mass is 10.1. The van der Waals surface area contributed by atoms with Crippen molar-refractivity contribution in [3.63, 3.8) is 0 Å². The van der Waals surface area contributed by atoms with Gasteiger partial charge in [0.2, 0.25) is 5.91 Å². The average Bonchev–Trinajstić information content (AvgIpc) is 3.26. The molecule has 0 radical (unpaired) electrons. The van der Waals surface area contributed by atoms with Gasteiger partial charge >= 0.3 is 0 Å². The van der Waals surface area contributed by atoms with E-state index in [1.807, 2.05) is 42.5 Å². The van der Waals surface area contributed by atoms with E-state index in [9.17, 15) is 4.79 Å². The van der Waals surface area contributed by atoms with Crippen LogP contribution in [-0.4, -0.2) is 90.9 Å². The van der Waals surface area contributed by atoms with Gasteiger partial charge in [0.1, 0.15) is 6.10 Å². The number of aliphatic imine (C=N–C) groups is 1. The maximum absolute atomic E-state index is 12.8. The van der Waals surface area contributed by atoms with Crippen molar-refractivity contribution >= 4 is 41.5 Å². The number of nitrogens with one attached hydrogen (secondary N) is 1. The predicted molar refractivity (Wildman–Crippen MR) is 135 cm³/mol. The molecule has 10 heteroatoms. The zero-order valence-electron chi connectivity index (χ0n) is 18.7. The summed E-state index contributed by atoms with van der Waals surface area (Å²) >= 11 is 0. The Kier molecular flexibility index (Phi) is 8.74. The minimum atomic E-state index is -0.0530. The van der Waals surface area contributed by atoms with E-state index in [4.69, 9.17) is 4.74 Å². The second-order valence-electron chi connectivity index (χ2n) is 7.86. The van der Waals surface area contributed by atoms with Gasteiger partial charge in [-0.05, 0) is 12.1 Å². The molecule has 1 N–H and O–H groups in total. The van der Waals surface area contributed by atoms with Crippen molar-refractivity contribution in [3.05, 3.63) is 48.3 Å². The first kappa shape index (κ1) is 24.3. The van der Waals surface area contributed by atoms with Gasteiger partial charge in [-0.2, -0.15) is 5.10 Å². The molecular weight excluding hydrogens is 521 g/mol. The van der Waals surface area contributed by atoms with Crippen LogP contribution in [0.1, 0.15) is 11.7 Å². The third kappa shape index (κ3) is 5.91. The van der Waals surface area contributed by atoms with E-state index in [0.29, 0.717) is 13.2 Å². The number of halogens is 1. The molecule has 1 aromatic carbocycles. The zero-order valence-corrected chi connectivity index (χ0v) is 21.0. The fourth-order valence-electron chi connectivity index (χ4n) is 4.10. The molecule has 1 atom stereocenters. The number of ether oxygens (including phenoxy) is 1. The summed E-state index contributed by atoms with van der Waals surface area (Å²) in [7, 11) is 3.65. The molecule has 32 heavy (non-hydrogen) atoms. The molecule has 2 fully saturated rings. The Bertz CT molecular complexity index is 897. The Morgan fingerprint density at radius 3 is 2.56 bits per heavy atom. The Labute approximate surface area is 206 Å². The number of aryl methyl sites for hydroxylation is 1. The van der Waals surface area contributed by atoms with E-state index in [1.165, 1.54) is 5.69 Å².